The molecule has 5 rings (SSSR count). The molecule has 3 nitrogen and oxygen atoms in total. The number of likely N-dealkylation sites (tertiary alicyclic amines) is 1. The van der Waals surface area contributed by atoms with Crippen LogP contribution >= 0.6 is 0 Å². The Hall–Kier alpha value is -2.91. The Labute approximate surface area is 191 Å². The number of hydrogen-bond donors (Lipinski definition) is 1. The van der Waals surface area contributed by atoms with Crippen LogP contribution in [0.4, 0.5) is 0 Å². The van der Waals surface area contributed by atoms with E-state index in [1.807, 2.05) is 0 Å². The molecule has 1 saturated heterocycles. The van der Waals surface area contributed by atoms with Crippen molar-refractivity contribution in [3.63, 3.8) is 0 Å². The molecule has 1 aliphatic carbocycles. The first-order chi connectivity index (χ1) is 15.8. The van der Waals surface area contributed by atoms with Crippen molar-refractivity contribution in [2.24, 2.45) is 5.92 Å². The second-order valence-electron chi connectivity index (χ2n) is 9.34. The van der Waals surface area contributed by atoms with Gasteiger partial charge in [0.25, 0.3) is 0 Å². The maximum Gasteiger partial charge on any atom is 0.223 e. The normalized spacial score (nSPS) is 18.7. The average molecular weight is 425 g/mol. The van der Waals surface area contributed by atoms with Crippen LogP contribution < -0.4 is 5.32 Å². The molecule has 1 unspecified atom stereocenters. The minimum atomic E-state index is 0.125. The lowest BCUT2D eigenvalue weighted by Gasteiger charge is -2.41. The molecule has 0 spiro atoms. The number of hydrogen-bond acceptors (Lipinski definition) is 2. The summed E-state index contributed by atoms with van der Waals surface area (Å²) in [7, 11) is 0. The Morgan fingerprint density at radius 3 is 2.09 bits per heavy atom. The smallest absolute Gasteiger partial charge is 0.223 e. The molecular weight excluding hydrogens is 392 g/mol. The number of nitrogens with one attached hydrogen (secondary N) is 1. The van der Waals surface area contributed by atoms with Gasteiger partial charge < -0.3 is 5.32 Å². The van der Waals surface area contributed by atoms with Crippen molar-refractivity contribution >= 4 is 5.91 Å². The summed E-state index contributed by atoms with van der Waals surface area (Å²) in [6.07, 6.45) is 3.96. The quantitative estimate of drug-likeness (QED) is 0.590. The number of amides is 1. The van der Waals surface area contributed by atoms with Gasteiger partial charge in [-0.15, -0.1) is 0 Å². The highest BCUT2D eigenvalue weighted by atomic mass is 16.2. The summed E-state index contributed by atoms with van der Waals surface area (Å²) < 4.78 is 0. The highest BCUT2D eigenvalue weighted by molar-refractivity contribution is 5.79. The van der Waals surface area contributed by atoms with Gasteiger partial charge in [-0.2, -0.15) is 0 Å². The van der Waals surface area contributed by atoms with Crippen molar-refractivity contribution in [3.8, 4) is 0 Å². The van der Waals surface area contributed by atoms with Crippen LogP contribution in [0.5, 0.6) is 0 Å². The van der Waals surface area contributed by atoms with E-state index in [2.05, 4.69) is 95.1 Å². The van der Waals surface area contributed by atoms with Gasteiger partial charge in [0.05, 0.1) is 6.04 Å². The SMILES string of the molecule is O=C(NC1CN(CCC(c2ccccc2)c2ccccc2)C1)C1CCc2ccccc2C1. The van der Waals surface area contributed by atoms with Crippen LogP contribution in [0.3, 0.4) is 0 Å². The van der Waals surface area contributed by atoms with E-state index in [9.17, 15) is 4.79 Å². The predicted molar refractivity (Wildman–Crippen MR) is 130 cm³/mol. The number of carbonyl (C=O) groups excluding carboxylic acids is 1. The minimum absolute atomic E-state index is 0.125. The standard InChI is InChI=1S/C29H32N2O/c32-29(26-16-15-22-9-7-8-14-25(22)19-26)30-27-20-31(21-27)18-17-28(23-10-3-1-4-11-23)24-12-5-2-6-13-24/h1-14,26-28H,15-21H2,(H,30,32). The van der Waals surface area contributed by atoms with Gasteiger partial charge >= 0.3 is 0 Å². The fourth-order valence-electron chi connectivity index (χ4n) is 5.29. The van der Waals surface area contributed by atoms with Crippen LogP contribution in [0.25, 0.3) is 0 Å². The Morgan fingerprint density at radius 1 is 0.844 bits per heavy atom. The number of rotatable bonds is 7. The zero-order chi connectivity index (χ0) is 21.8. The lowest BCUT2D eigenvalue weighted by Crippen LogP contribution is -2.60. The summed E-state index contributed by atoms with van der Waals surface area (Å²) in [4.78, 5) is 15.3. The summed E-state index contributed by atoms with van der Waals surface area (Å²) in [6, 6.07) is 30.5. The van der Waals surface area contributed by atoms with Crippen LogP contribution in [0.15, 0.2) is 84.9 Å². The number of fused-ring (bicyclic) bond motifs is 1. The zero-order valence-corrected chi connectivity index (χ0v) is 18.6. The van der Waals surface area contributed by atoms with Gasteiger partial charge in [-0.25, -0.2) is 0 Å². The first-order valence-electron chi connectivity index (χ1n) is 12.0. The number of benzene rings is 3. The third-order valence-corrected chi connectivity index (χ3v) is 7.16. The molecule has 3 aromatic carbocycles. The third-order valence-electron chi connectivity index (χ3n) is 7.16. The van der Waals surface area contributed by atoms with Crippen LogP contribution in [0, 0.1) is 5.92 Å². The van der Waals surface area contributed by atoms with Gasteiger partial charge in [0.2, 0.25) is 5.91 Å². The first kappa shape index (κ1) is 21.0. The molecule has 1 fully saturated rings. The first-order valence-corrected chi connectivity index (χ1v) is 12.0. The lowest BCUT2D eigenvalue weighted by atomic mass is 9.83. The summed E-state index contributed by atoms with van der Waals surface area (Å²) >= 11 is 0. The number of nitrogens with zero attached hydrogens (tertiary/aromatic N) is 1. The van der Waals surface area contributed by atoms with Crippen LogP contribution in [0.1, 0.15) is 41.0 Å². The van der Waals surface area contributed by atoms with E-state index in [1.54, 1.807) is 0 Å². The molecule has 0 aromatic heterocycles. The molecule has 0 saturated carbocycles. The van der Waals surface area contributed by atoms with Gasteiger partial charge in [-0.05, 0) is 54.5 Å². The van der Waals surface area contributed by atoms with Crippen molar-refractivity contribution in [2.45, 2.75) is 37.6 Å². The van der Waals surface area contributed by atoms with Crippen molar-refractivity contribution in [2.75, 3.05) is 19.6 Å². The number of aryl methyl sites for hydroxylation is 1. The molecule has 0 radical (unpaired) electrons. The molecule has 3 aromatic rings. The molecule has 1 amide bonds. The molecule has 3 heteroatoms. The highest BCUT2D eigenvalue weighted by Gasteiger charge is 2.32. The van der Waals surface area contributed by atoms with E-state index in [-0.39, 0.29) is 11.8 Å². The largest absolute Gasteiger partial charge is 0.351 e. The van der Waals surface area contributed by atoms with Crippen molar-refractivity contribution < 1.29 is 4.79 Å². The topological polar surface area (TPSA) is 32.3 Å². The molecule has 32 heavy (non-hydrogen) atoms. The monoisotopic (exact) mass is 424 g/mol. The van der Waals surface area contributed by atoms with E-state index >= 15 is 0 Å². The summed E-state index contributed by atoms with van der Waals surface area (Å²) in [5, 5.41) is 3.32. The maximum atomic E-state index is 12.8. The third kappa shape index (κ3) is 4.78. The predicted octanol–water partition coefficient (Wildman–Crippen LogP) is 4.81. The van der Waals surface area contributed by atoms with Crippen LogP contribution in [0.2, 0.25) is 0 Å². The molecule has 0 bridgehead atoms. The maximum absolute atomic E-state index is 12.8. The van der Waals surface area contributed by atoms with E-state index in [0.717, 1.165) is 45.3 Å². The van der Waals surface area contributed by atoms with Crippen LogP contribution in [-0.4, -0.2) is 36.5 Å². The summed E-state index contributed by atoms with van der Waals surface area (Å²) in [5.74, 6) is 0.781. The van der Waals surface area contributed by atoms with Gasteiger partial charge in [0, 0.05) is 24.9 Å². The molecular formula is C29H32N2O. The molecule has 2 aliphatic rings. The van der Waals surface area contributed by atoms with E-state index in [0.29, 0.717) is 12.0 Å². The lowest BCUT2D eigenvalue weighted by molar-refractivity contribution is -0.127. The molecule has 1 atom stereocenters. The summed E-state index contributed by atoms with van der Waals surface area (Å²) in [5.41, 5.74) is 5.52. The second kappa shape index (κ2) is 9.70. The van der Waals surface area contributed by atoms with Crippen molar-refractivity contribution in [1.29, 1.82) is 0 Å². The average Bonchev–Trinajstić information content (AvgIpc) is 2.83. The number of carbonyl (C=O) groups is 1. The fourth-order valence-corrected chi connectivity index (χ4v) is 5.29. The van der Waals surface area contributed by atoms with E-state index in [4.69, 9.17) is 0 Å². The van der Waals surface area contributed by atoms with E-state index < -0.39 is 0 Å². The Kier molecular flexibility index (Phi) is 6.36. The van der Waals surface area contributed by atoms with Crippen LogP contribution in [-0.2, 0) is 17.6 Å². The molecule has 1 heterocycles. The minimum Gasteiger partial charge on any atom is -0.351 e. The Bertz CT molecular complexity index is 988. The zero-order valence-electron chi connectivity index (χ0n) is 18.6. The summed E-state index contributed by atoms with van der Waals surface area (Å²) in [6.45, 7) is 2.98. The second-order valence-corrected chi connectivity index (χ2v) is 9.34. The molecule has 1 aliphatic heterocycles. The van der Waals surface area contributed by atoms with Gasteiger partial charge in [0.1, 0.15) is 0 Å². The Morgan fingerprint density at radius 2 is 1.44 bits per heavy atom. The molecule has 164 valence electrons. The Balaban J connectivity index is 1.11. The van der Waals surface area contributed by atoms with Gasteiger partial charge in [-0.3, -0.25) is 9.69 Å². The van der Waals surface area contributed by atoms with E-state index in [1.165, 1.54) is 22.3 Å². The highest BCUT2D eigenvalue weighted by Crippen LogP contribution is 2.29. The van der Waals surface area contributed by atoms with Crippen molar-refractivity contribution in [3.05, 3.63) is 107 Å². The molecule has 1 N–H and O–H groups in total. The van der Waals surface area contributed by atoms with Gasteiger partial charge in [-0.1, -0.05) is 84.9 Å². The van der Waals surface area contributed by atoms with Gasteiger partial charge in [0.15, 0.2) is 0 Å². The fraction of sp³-hybridized carbons (Fsp3) is 0.345. The van der Waals surface area contributed by atoms with Crippen molar-refractivity contribution in [1.82, 2.24) is 10.2 Å².